The molecule has 11 heteroatoms. The number of aromatic amines is 1. The molecular weight excluding hydrogens is 492 g/mol. The van der Waals surface area contributed by atoms with E-state index in [1.807, 2.05) is 0 Å². The maximum absolute atomic E-state index is 13.1. The van der Waals surface area contributed by atoms with Crippen LogP contribution in [0, 0.1) is 23.7 Å². The van der Waals surface area contributed by atoms with Crippen molar-refractivity contribution in [3.8, 4) is 0 Å². The van der Waals surface area contributed by atoms with E-state index < -0.39 is 22.2 Å². The number of benzene rings is 2. The first-order valence-corrected chi connectivity index (χ1v) is 13.4. The normalized spacial score (nSPS) is 29.5. The van der Waals surface area contributed by atoms with E-state index in [9.17, 15) is 23.4 Å². The van der Waals surface area contributed by atoms with Crippen molar-refractivity contribution in [2.24, 2.45) is 23.7 Å². The summed E-state index contributed by atoms with van der Waals surface area (Å²) < 4.78 is 28.8. The number of halogens is 1. The zero-order valence-electron chi connectivity index (χ0n) is 18.6. The first-order chi connectivity index (χ1) is 16.7. The second kappa shape index (κ2) is 8.12. The van der Waals surface area contributed by atoms with Crippen molar-refractivity contribution in [2.75, 3.05) is 23.1 Å². The van der Waals surface area contributed by atoms with Crippen molar-refractivity contribution in [1.29, 1.82) is 0 Å². The van der Waals surface area contributed by atoms with Gasteiger partial charge in [-0.3, -0.25) is 4.72 Å². The van der Waals surface area contributed by atoms with Crippen molar-refractivity contribution >= 4 is 49.9 Å². The molecule has 3 aromatic rings. The SMILES string of the molecule is O=C(Nc1cccc(S(=O)(=O)Nc2cccc3c(Cl)c[nH]c23)c1)N1C[C@@H]2[C@H](C1)[C@H]1C[C@@H]2[C@H](O)[C@@H]1O. The molecule has 3 aliphatic rings. The average molecular weight is 517 g/mol. The highest BCUT2D eigenvalue weighted by Crippen LogP contribution is 2.55. The Morgan fingerprint density at radius 2 is 1.71 bits per heavy atom. The summed E-state index contributed by atoms with van der Waals surface area (Å²) in [5.74, 6) is 0.418. The third-order valence-corrected chi connectivity index (χ3v) is 9.55. The molecule has 0 radical (unpaired) electrons. The molecule has 0 spiro atoms. The molecule has 2 aromatic carbocycles. The summed E-state index contributed by atoms with van der Waals surface area (Å²) in [5, 5.41) is 24.5. The standard InChI is InChI=1S/C24H25ClN4O5S/c25-19-9-26-21-14(19)5-2-6-20(21)28-35(33,34)13-4-1-3-12(7-13)27-24(32)29-10-17-15-8-16(18(17)11-29)23(31)22(15)30/h1-7,9,15-18,22-23,26,28,30-31H,8,10-11H2,(H,27,32)/t15-,16+,17-,18+,22-,23+. The van der Waals surface area contributed by atoms with Gasteiger partial charge in [0, 0.05) is 30.4 Å². The number of aromatic nitrogens is 1. The predicted octanol–water partition coefficient (Wildman–Crippen LogP) is 3.07. The summed E-state index contributed by atoms with van der Waals surface area (Å²) in [4.78, 5) is 17.6. The van der Waals surface area contributed by atoms with Gasteiger partial charge in [0.1, 0.15) is 0 Å². The molecule has 2 saturated carbocycles. The molecule has 3 fully saturated rings. The van der Waals surface area contributed by atoms with E-state index in [4.69, 9.17) is 11.6 Å². The number of fused-ring (bicyclic) bond motifs is 6. The largest absolute Gasteiger partial charge is 0.390 e. The molecule has 2 amide bonds. The Kier molecular flexibility index (Phi) is 5.26. The lowest BCUT2D eigenvalue weighted by Crippen LogP contribution is -2.41. The Labute approximate surface area is 207 Å². The van der Waals surface area contributed by atoms with E-state index in [0.717, 1.165) is 6.42 Å². The van der Waals surface area contributed by atoms with Crippen LogP contribution in [0.5, 0.6) is 0 Å². The molecule has 1 aliphatic heterocycles. The van der Waals surface area contributed by atoms with Crippen molar-refractivity contribution in [3.05, 3.63) is 53.7 Å². The number of H-pyrrole nitrogens is 1. The van der Waals surface area contributed by atoms with Gasteiger partial charge in [-0.25, -0.2) is 13.2 Å². The lowest BCUT2D eigenvalue weighted by atomic mass is 9.79. The summed E-state index contributed by atoms with van der Waals surface area (Å²) in [6.07, 6.45) is 0.972. The Hall–Kier alpha value is -2.79. The van der Waals surface area contributed by atoms with Gasteiger partial charge in [-0.2, -0.15) is 0 Å². The van der Waals surface area contributed by atoms with Crippen LogP contribution in [-0.2, 0) is 10.0 Å². The number of nitrogens with one attached hydrogen (secondary N) is 3. The first-order valence-electron chi connectivity index (χ1n) is 11.5. The van der Waals surface area contributed by atoms with Crippen LogP contribution in [0.15, 0.2) is 53.6 Å². The fourth-order valence-electron chi connectivity index (χ4n) is 6.23. The maximum atomic E-state index is 13.1. The maximum Gasteiger partial charge on any atom is 0.321 e. The fourth-order valence-corrected chi connectivity index (χ4v) is 7.56. The number of hydrogen-bond acceptors (Lipinski definition) is 5. The van der Waals surface area contributed by atoms with Gasteiger partial charge in [0.15, 0.2) is 0 Å². The number of sulfonamides is 1. The molecule has 2 bridgehead atoms. The van der Waals surface area contributed by atoms with Gasteiger partial charge in [-0.1, -0.05) is 29.8 Å². The van der Waals surface area contributed by atoms with Crippen molar-refractivity contribution in [1.82, 2.24) is 9.88 Å². The zero-order valence-corrected chi connectivity index (χ0v) is 20.1. The van der Waals surface area contributed by atoms with Crippen LogP contribution < -0.4 is 10.0 Å². The summed E-state index contributed by atoms with van der Waals surface area (Å²) in [6.45, 7) is 1.04. The zero-order chi connectivity index (χ0) is 24.5. The number of para-hydroxylation sites is 1. The molecule has 2 aliphatic carbocycles. The average Bonchev–Trinajstić information content (AvgIpc) is 3.57. The van der Waals surface area contributed by atoms with Crippen LogP contribution in [0.4, 0.5) is 16.2 Å². The number of aliphatic hydroxyl groups is 2. The Morgan fingerprint density at radius 3 is 2.43 bits per heavy atom. The topological polar surface area (TPSA) is 135 Å². The lowest BCUT2D eigenvalue weighted by molar-refractivity contribution is -0.0460. The molecule has 0 unspecified atom stereocenters. The van der Waals surface area contributed by atoms with Gasteiger partial charge in [0.2, 0.25) is 0 Å². The Morgan fingerprint density at radius 1 is 1.03 bits per heavy atom. The smallest absolute Gasteiger partial charge is 0.321 e. The quantitative estimate of drug-likeness (QED) is 0.363. The first kappa shape index (κ1) is 22.7. The van der Waals surface area contributed by atoms with Crippen LogP contribution in [0.2, 0.25) is 5.02 Å². The number of amides is 2. The number of nitrogens with zero attached hydrogens (tertiary/aromatic N) is 1. The number of aliphatic hydroxyl groups excluding tert-OH is 2. The molecule has 6 atom stereocenters. The molecule has 184 valence electrons. The van der Waals surface area contributed by atoms with Crippen molar-refractivity contribution in [2.45, 2.75) is 23.5 Å². The second-order valence-corrected chi connectivity index (χ2v) is 11.8. The molecule has 6 rings (SSSR count). The summed E-state index contributed by atoms with van der Waals surface area (Å²) in [6, 6.07) is 10.9. The van der Waals surface area contributed by atoms with E-state index in [0.29, 0.717) is 40.4 Å². The highest BCUT2D eigenvalue weighted by atomic mass is 35.5. The number of hydrogen-bond donors (Lipinski definition) is 5. The van der Waals surface area contributed by atoms with Crippen molar-refractivity contribution < 1.29 is 23.4 Å². The molecule has 35 heavy (non-hydrogen) atoms. The van der Waals surface area contributed by atoms with Gasteiger partial charge in [0.25, 0.3) is 10.0 Å². The van der Waals surface area contributed by atoms with Gasteiger partial charge in [-0.05, 0) is 54.4 Å². The number of carbonyl (C=O) groups is 1. The summed E-state index contributed by atoms with van der Waals surface area (Å²) >= 11 is 6.14. The van der Waals surface area contributed by atoms with Gasteiger partial charge in [-0.15, -0.1) is 0 Å². The monoisotopic (exact) mass is 516 g/mol. The lowest BCUT2D eigenvalue weighted by Gasteiger charge is -2.31. The number of likely N-dealkylation sites (tertiary alicyclic amines) is 1. The Bertz CT molecular complexity index is 1400. The number of anilines is 2. The highest BCUT2D eigenvalue weighted by Gasteiger charge is 2.60. The second-order valence-electron chi connectivity index (χ2n) is 9.71. The fraction of sp³-hybridized carbons (Fsp3) is 0.375. The minimum atomic E-state index is -3.94. The summed E-state index contributed by atoms with van der Waals surface area (Å²) in [7, 11) is -3.94. The molecule has 5 N–H and O–H groups in total. The van der Waals surface area contributed by atoms with Crippen LogP contribution in [0.1, 0.15) is 6.42 Å². The van der Waals surface area contributed by atoms with Crippen molar-refractivity contribution in [3.63, 3.8) is 0 Å². The third-order valence-electron chi connectivity index (χ3n) is 7.88. The number of rotatable bonds is 4. The van der Waals surface area contributed by atoms with Gasteiger partial charge < -0.3 is 25.4 Å². The van der Waals surface area contributed by atoms with Gasteiger partial charge >= 0.3 is 6.03 Å². The highest BCUT2D eigenvalue weighted by molar-refractivity contribution is 7.92. The van der Waals surface area contributed by atoms with E-state index in [2.05, 4.69) is 15.0 Å². The van der Waals surface area contributed by atoms with Crippen LogP contribution in [0.3, 0.4) is 0 Å². The molecular formula is C24H25ClN4O5S. The predicted molar refractivity (Wildman–Crippen MR) is 132 cm³/mol. The molecule has 2 heterocycles. The number of urea groups is 1. The van der Waals surface area contributed by atoms with E-state index in [1.54, 1.807) is 41.4 Å². The Balaban J connectivity index is 1.17. The molecule has 1 aromatic heterocycles. The van der Waals surface area contributed by atoms with E-state index >= 15 is 0 Å². The molecule has 1 saturated heterocycles. The third kappa shape index (κ3) is 3.67. The number of carbonyl (C=O) groups excluding carboxylic acids is 1. The minimum absolute atomic E-state index is 0.00698. The summed E-state index contributed by atoms with van der Waals surface area (Å²) in [5.41, 5.74) is 1.31. The van der Waals surface area contributed by atoms with Crippen LogP contribution in [0.25, 0.3) is 10.9 Å². The van der Waals surface area contributed by atoms with Crippen LogP contribution >= 0.6 is 11.6 Å². The van der Waals surface area contributed by atoms with Crippen LogP contribution in [-0.4, -0.2) is 59.8 Å². The minimum Gasteiger partial charge on any atom is -0.390 e. The van der Waals surface area contributed by atoms with E-state index in [1.165, 1.54) is 12.1 Å². The molecule has 9 nitrogen and oxygen atoms in total. The van der Waals surface area contributed by atoms with E-state index in [-0.39, 0.29) is 34.6 Å². The van der Waals surface area contributed by atoms with Gasteiger partial charge in [0.05, 0.1) is 33.3 Å².